The molecule has 1 aliphatic heterocycles. The Morgan fingerprint density at radius 1 is 1.17 bits per heavy atom. The van der Waals surface area contributed by atoms with E-state index in [0.717, 1.165) is 4.88 Å². The monoisotopic (exact) mass is 423 g/mol. The zero-order chi connectivity index (χ0) is 21.3. The molecule has 0 aliphatic carbocycles. The smallest absolute Gasteiger partial charge is 0.296 e. The van der Waals surface area contributed by atoms with Crippen molar-refractivity contribution >= 4 is 28.8 Å². The lowest BCUT2D eigenvalue weighted by atomic mass is 9.99. The molecule has 4 rings (SSSR count). The van der Waals surface area contributed by atoms with Crippen LogP contribution in [-0.2, 0) is 16.1 Å². The van der Waals surface area contributed by atoms with Gasteiger partial charge in [0.1, 0.15) is 29.1 Å². The summed E-state index contributed by atoms with van der Waals surface area (Å²) in [6.07, 6.45) is 0. The number of amides is 1. The van der Waals surface area contributed by atoms with Gasteiger partial charge in [0.25, 0.3) is 11.7 Å². The molecular weight excluding hydrogens is 402 g/mol. The van der Waals surface area contributed by atoms with Crippen molar-refractivity contribution in [2.75, 3.05) is 6.61 Å². The minimum atomic E-state index is -0.824. The standard InChI is InChI=1S/C23H21NO5S/c1-3-28-17-9-5-4-8-16(17)21(25)19-20(18-11-10-14(2)29-18)24(23(27)22(19)26)13-15-7-6-12-30-15/h4-12,20,25H,3,13H2,1-2H3/t20-/m0/s1. The number of ether oxygens (including phenoxy) is 1. The molecule has 0 unspecified atom stereocenters. The van der Waals surface area contributed by atoms with Crippen LogP contribution in [0.25, 0.3) is 5.76 Å². The largest absolute Gasteiger partial charge is 0.507 e. The van der Waals surface area contributed by atoms with Crippen LogP contribution >= 0.6 is 11.3 Å². The van der Waals surface area contributed by atoms with E-state index in [1.165, 1.54) is 16.2 Å². The number of rotatable bonds is 6. The summed E-state index contributed by atoms with van der Waals surface area (Å²) in [5.74, 6) is -0.158. The van der Waals surface area contributed by atoms with Crippen LogP contribution in [0.1, 0.15) is 34.9 Å². The lowest BCUT2D eigenvalue weighted by Crippen LogP contribution is -2.28. The summed E-state index contributed by atoms with van der Waals surface area (Å²) in [6, 6.07) is 13.4. The Hall–Kier alpha value is -3.32. The van der Waals surface area contributed by atoms with Gasteiger partial charge in [-0.2, -0.15) is 0 Å². The van der Waals surface area contributed by atoms with E-state index in [0.29, 0.717) is 29.4 Å². The third kappa shape index (κ3) is 3.52. The molecule has 1 aromatic carbocycles. The average molecular weight is 423 g/mol. The number of ketones is 1. The normalized spacial score (nSPS) is 18.2. The molecule has 3 heterocycles. The molecule has 0 spiro atoms. The first kappa shape index (κ1) is 20.0. The molecule has 1 aliphatic rings. The van der Waals surface area contributed by atoms with Crippen LogP contribution in [0.15, 0.2) is 63.9 Å². The molecule has 1 N–H and O–H groups in total. The molecule has 0 radical (unpaired) electrons. The van der Waals surface area contributed by atoms with Crippen molar-refractivity contribution in [1.82, 2.24) is 4.90 Å². The van der Waals surface area contributed by atoms with Crippen LogP contribution in [-0.4, -0.2) is 28.3 Å². The fraction of sp³-hybridized carbons (Fsp3) is 0.217. The number of furan rings is 1. The quantitative estimate of drug-likeness (QED) is 0.354. The van der Waals surface area contributed by atoms with Crippen molar-refractivity contribution in [3.8, 4) is 5.75 Å². The summed E-state index contributed by atoms with van der Waals surface area (Å²) in [5, 5.41) is 13.1. The van der Waals surface area contributed by atoms with Crippen LogP contribution < -0.4 is 4.74 Å². The molecule has 1 saturated heterocycles. The highest BCUT2D eigenvalue weighted by Crippen LogP contribution is 2.42. The summed E-state index contributed by atoms with van der Waals surface area (Å²) >= 11 is 1.50. The van der Waals surface area contributed by atoms with Crippen LogP contribution in [0.5, 0.6) is 5.75 Å². The van der Waals surface area contributed by atoms with Crippen LogP contribution in [0.4, 0.5) is 0 Å². The zero-order valence-corrected chi connectivity index (χ0v) is 17.4. The molecule has 30 heavy (non-hydrogen) atoms. The van der Waals surface area contributed by atoms with E-state index < -0.39 is 17.7 Å². The van der Waals surface area contributed by atoms with Crippen LogP contribution in [0, 0.1) is 6.92 Å². The molecule has 7 heteroatoms. The third-order valence-corrected chi connectivity index (χ3v) is 5.78. The lowest BCUT2D eigenvalue weighted by Gasteiger charge is -2.23. The van der Waals surface area contributed by atoms with E-state index >= 15 is 0 Å². The highest BCUT2D eigenvalue weighted by Gasteiger charge is 2.47. The maximum Gasteiger partial charge on any atom is 0.296 e. The van der Waals surface area contributed by atoms with Crippen molar-refractivity contribution in [1.29, 1.82) is 0 Å². The van der Waals surface area contributed by atoms with E-state index in [2.05, 4.69) is 0 Å². The van der Waals surface area contributed by atoms with Crippen molar-refractivity contribution in [2.45, 2.75) is 26.4 Å². The number of hydrogen-bond donors (Lipinski definition) is 1. The number of nitrogens with zero attached hydrogens (tertiary/aromatic N) is 1. The minimum absolute atomic E-state index is 0.00180. The number of aliphatic hydroxyl groups is 1. The Bertz CT molecular complexity index is 1110. The first-order chi connectivity index (χ1) is 14.5. The number of aliphatic hydroxyl groups excluding tert-OH is 1. The molecule has 6 nitrogen and oxygen atoms in total. The third-order valence-electron chi connectivity index (χ3n) is 4.92. The van der Waals surface area contributed by atoms with Gasteiger partial charge < -0.3 is 19.2 Å². The van der Waals surface area contributed by atoms with Crippen molar-refractivity contribution in [2.24, 2.45) is 0 Å². The van der Waals surface area contributed by atoms with Gasteiger partial charge in [-0.05, 0) is 49.6 Å². The highest BCUT2D eigenvalue weighted by atomic mass is 32.1. The molecule has 1 atom stereocenters. The summed E-state index contributed by atoms with van der Waals surface area (Å²) in [6.45, 7) is 4.27. The van der Waals surface area contributed by atoms with Gasteiger partial charge in [-0.15, -0.1) is 11.3 Å². The molecule has 1 fully saturated rings. The molecular formula is C23H21NO5S. The average Bonchev–Trinajstić information content (AvgIpc) is 3.46. The maximum absolute atomic E-state index is 13.0. The summed E-state index contributed by atoms with van der Waals surface area (Å²) in [5.41, 5.74) is 0.361. The number of aryl methyl sites for hydroxylation is 1. The van der Waals surface area contributed by atoms with Gasteiger partial charge in [0.05, 0.1) is 24.3 Å². The Balaban J connectivity index is 1.87. The van der Waals surface area contributed by atoms with Gasteiger partial charge in [0, 0.05) is 4.88 Å². The van der Waals surface area contributed by atoms with Crippen molar-refractivity contribution in [3.63, 3.8) is 0 Å². The van der Waals surface area contributed by atoms with E-state index in [-0.39, 0.29) is 17.9 Å². The fourth-order valence-electron chi connectivity index (χ4n) is 3.60. The van der Waals surface area contributed by atoms with E-state index in [1.807, 2.05) is 24.4 Å². The molecule has 3 aromatic rings. The number of likely N-dealkylation sites (tertiary alicyclic amines) is 1. The van der Waals surface area contributed by atoms with Crippen LogP contribution in [0.3, 0.4) is 0 Å². The van der Waals surface area contributed by atoms with Crippen molar-refractivity contribution < 1.29 is 23.8 Å². The second-order valence-corrected chi connectivity index (χ2v) is 7.92. The second-order valence-electron chi connectivity index (χ2n) is 6.88. The molecule has 0 bridgehead atoms. The number of hydrogen-bond acceptors (Lipinski definition) is 6. The maximum atomic E-state index is 13.0. The second kappa shape index (κ2) is 8.20. The molecule has 154 valence electrons. The Kier molecular flexibility index (Phi) is 5.46. The number of para-hydroxylation sites is 1. The van der Waals surface area contributed by atoms with Gasteiger partial charge >= 0.3 is 0 Å². The van der Waals surface area contributed by atoms with E-state index in [4.69, 9.17) is 9.15 Å². The first-order valence-corrected chi connectivity index (χ1v) is 10.5. The molecule has 1 amide bonds. The summed E-state index contributed by atoms with van der Waals surface area (Å²) < 4.78 is 11.4. The topological polar surface area (TPSA) is 80.0 Å². The summed E-state index contributed by atoms with van der Waals surface area (Å²) in [4.78, 5) is 28.3. The Labute approximate surface area is 178 Å². The number of thiophene rings is 1. The predicted octanol–water partition coefficient (Wildman–Crippen LogP) is 4.67. The first-order valence-electron chi connectivity index (χ1n) is 9.60. The molecule has 0 saturated carbocycles. The van der Waals surface area contributed by atoms with Gasteiger partial charge in [0.15, 0.2) is 0 Å². The van der Waals surface area contributed by atoms with E-state index in [1.54, 1.807) is 43.3 Å². The minimum Gasteiger partial charge on any atom is -0.507 e. The Morgan fingerprint density at radius 2 is 1.97 bits per heavy atom. The molecule has 2 aromatic heterocycles. The fourth-order valence-corrected chi connectivity index (χ4v) is 4.30. The van der Waals surface area contributed by atoms with Gasteiger partial charge in [0.2, 0.25) is 0 Å². The highest BCUT2D eigenvalue weighted by molar-refractivity contribution is 7.09. The Morgan fingerprint density at radius 3 is 2.63 bits per heavy atom. The number of carbonyl (C=O) groups excluding carboxylic acids is 2. The summed E-state index contributed by atoms with van der Waals surface area (Å²) in [7, 11) is 0. The van der Waals surface area contributed by atoms with Crippen LogP contribution in [0.2, 0.25) is 0 Å². The SMILES string of the molecule is CCOc1ccccc1C(O)=C1C(=O)C(=O)N(Cc2cccs2)[C@H]1c1ccc(C)o1. The lowest BCUT2D eigenvalue weighted by molar-refractivity contribution is -0.140. The van der Waals surface area contributed by atoms with Crippen molar-refractivity contribution in [3.05, 3.63) is 81.4 Å². The van der Waals surface area contributed by atoms with Gasteiger partial charge in [-0.1, -0.05) is 18.2 Å². The number of carbonyl (C=O) groups is 2. The van der Waals surface area contributed by atoms with E-state index in [9.17, 15) is 14.7 Å². The van der Waals surface area contributed by atoms with Gasteiger partial charge in [-0.25, -0.2) is 0 Å². The number of Topliss-reactive ketones (excluding diaryl/α,β-unsaturated/α-hetero) is 1. The van der Waals surface area contributed by atoms with Gasteiger partial charge in [-0.3, -0.25) is 9.59 Å². The predicted molar refractivity (Wildman–Crippen MR) is 113 cm³/mol. The number of benzene rings is 1. The zero-order valence-electron chi connectivity index (χ0n) is 16.6.